The molecular formula is C15H21Cl2N5OS. The first-order valence-corrected chi connectivity index (χ1v) is 8.22. The van der Waals surface area contributed by atoms with Gasteiger partial charge in [0, 0.05) is 11.7 Å². The third kappa shape index (κ3) is 4.63. The number of nitrogens with one attached hydrogen (secondary N) is 1. The number of carbonyl (C=O) groups excluding carboxylic acids is 1. The molecular weight excluding hydrogens is 369 g/mol. The number of hydrogen-bond acceptors (Lipinski definition) is 6. The molecule has 0 radical (unpaired) electrons. The van der Waals surface area contributed by atoms with E-state index in [1.165, 1.54) is 11.3 Å². The van der Waals surface area contributed by atoms with Crippen molar-refractivity contribution in [1.82, 2.24) is 15.2 Å². The molecule has 2 atom stereocenters. The zero-order chi connectivity index (χ0) is 15.6. The second-order valence-corrected chi connectivity index (χ2v) is 6.90. The largest absolute Gasteiger partial charge is 0.325 e. The van der Waals surface area contributed by atoms with E-state index in [0.717, 1.165) is 31.4 Å². The summed E-state index contributed by atoms with van der Waals surface area (Å²) >= 11 is 1.32. The lowest BCUT2D eigenvalue weighted by molar-refractivity contribution is -0.122. The van der Waals surface area contributed by atoms with Gasteiger partial charge in [-0.2, -0.15) is 0 Å². The van der Waals surface area contributed by atoms with E-state index in [1.54, 1.807) is 6.20 Å². The smallest absolute Gasteiger partial charge is 0.231 e. The number of anilines is 1. The van der Waals surface area contributed by atoms with Crippen molar-refractivity contribution >= 4 is 47.2 Å². The van der Waals surface area contributed by atoms with Crippen LogP contribution in [-0.2, 0) is 4.79 Å². The summed E-state index contributed by atoms with van der Waals surface area (Å²) in [4.78, 5) is 16.7. The highest BCUT2D eigenvalue weighted by Crippen LogP contribution is 2.33. The average molecular weight is 390 g/mol. The molecule has 9 heteroatoms. The predicted molar refractivity (Wildman–Crippen MR) is 101 cm³/mol. The molecule has 132 valence electrons. The van der Waals surface area contributed by atoms with E-state index in [9.17, 15) is 4.79 Å². The maximum atomic E-state index is 12.5. The Kier molecular flexibility index (Phi) is 7.54. The van der Waals surface area contributed by atoms with Crippen LogP contribution in [-0.4, -0.2) is 26.6 Å². The van der Waals surface area contributed by atoms with Crippen LogP contribution in [0.5, 0.6) is 0 Å². The topological polar surface area (TPSA) is 93.8 Å². The molecule has 1 amide bonds. The van der Waals surface area contributed by atoms with E-state index in [2.05, 4.69) is 20.5 Å². The summed E-state index contributed by atoms with van der Waals surface area (Å²) in [5.41, 5.74) is 6.57. The molecule has 1 aliphatic carbocycles. The van der Waals surface area contributed by atoms with Gasteiger partial charge in [-0.25, -0.2) is 0 Å². The van der Waals surface area contributed by atoms with Crippen LogP contribution >= 0.6 is 36.2 Å². The Morgan fingerprint density at radius 1 is 1.33 bits per heavy atom. The van der Waals surface area contributed by atoms with Gasteiger partial charge in [0.2, 0.25) is 11.0 Å². The van der Waals surface area contributed by atoms with Gasteiger partial charge in [0.15, 0.2) is 5.01 Å². The minimum absolute atomic E-state index is 0. The lowest BCUT2D eigenvalue weighted by Crippen LogP contribution is -2.51. The summed E-state index contributed by atoms with van der Waals surface area (Å²) in [7, 11) is 0. The number of halogens is 2. The first kappa shape index (κ1) is 20.8. The minimum Gasteiger partial charge on any atom is -0.325 e. The van der Waals surface area contributed by atoms with Gasteiger partial charge in [-0.15, -0.1) is 35.0 Å². The molecule has 0 saturated heterocycles. The van der Waals surface area contributed by atoms with Crippen LogP contribution in [0.2, 0.25) is 0 Å². The number of nitrogens with two attached hydrogens (primary N) is 1. The van der Waals surface area contributed by atoms with E-state index in [0.29, 0.717) is 10.1 Å². The number of rotatable bonds is 3. The fourth-order valence-electron chi connectivity index (χ4n) is 2.85. The van der Waals surface area contributed by atoms with E-state index in [1.807, 2.05) is 25.1 Å². The van der Waals surface area contributed by atoms with Crippen molar-refractivity contribution in [2.45, 2.75) is 38.1 Å². The molecule has 0 aliphatic heterocycles. The summed E-state index contributed by atoms with van der Waals surface area (Å²) in [6.45, 7) is 1.95. The van der Waals surface area contributed by atoms with E-state index in [4.69, 9.17) is 5.73 Å². The lowest BCUT2D eigenvalue weighted by atomic mass is 9.74. The lowest BCUT2D eigenvalue weighted by Gasteiger charge is -2.36. The Labute approximate surface area is 157 Å². The van der Waals surface area contributed by atoms with Crippen LogP contribution < -0.4 is 11.1 Å². The van der Waals surface area contributed by atoms with Crippen molar-refractivity contribution in [3.8, 4) is 10.7 Å². The highest BCUT2D eigenvalue weighted by Gasteiger charge is 2.38. The van der Waals surface area contributed by atoms with Gasteiger partial charge >= 0.3 is 0 Å². The van der Waals surface area contributed by atoms with Crippen molar-refractivity contribution in [1.29, 1.82) is 0 Å². The highest BCUT2D eigenvalue weighted by atomic mass is 35.5. The summed E-state index contributed by atoms with van der Waals surface area (Å²) in [5.74, 6) is -0.239. The van der Waals surface area contributed by atoms with Gasteiger partial charge in [0.1, 0.15) is 5.69 Å². The van der Waals surface area contributed by atoms with Gasteiger partial charge in [0.25, 0.3) is 0 Å². The van der Waals surface area contributed by atoms with Gasteiger partial charge in [0.05, 0.1) is 5.92 Å². The molecule has 1 saturated carbocycles. The van der Waals surface area contributed by atoms with E-state index in [-0.39, 0.29) is 36.6 Å². The van der Waals surface area contributed by atoms with Gasteiger partial charge < -0.3 is 11.1 Å². The summed E-state index contributed by atoms with van der Waals surface area (Å²) in [6, 6.07) is 5.60. The van der Waals surface area contributed by atoms with Crippen molar-refractivity contribution in [2.24, 2.45) is 11.7 Å². The first-order valence-electron chi connectivity index (χ1n) is 7.41. The zero-order valence-corrected chi connectivity index (χ0v) is 15.7. The normalized spacial score (nSPS) is 22.8. The van der Waals surface area contributed by atoms with Gasteiger partial charge in [-0.1, -0.05) is 30.2 Å². The predicted octanol–water partition coefficient (Wildman–Crippen LogP) is 3.29. The maximum absolute atomic E-state index is 12.5. The van der Waals surface area contributed by atoms with Crippen LogP contribution in [0.3, 0.4) is 0 Å². The SMILES string of the molecule is CC1(N)CCCCC1C(=O)Nc1nnc(-c2ccccn2)s1.Cl.Cl. The van der Waals surface area contributed by atoms with Crippen molar-refractivity contribution < 1.29 is 4.79 Å². The van der Waals surface area contributed by atoms with Crippen LogP contribution in [0.15, 0.2) is 24.4 Å². The first-order chi connectivity index (χ1) is 10.6. The fourth-order valence-corrected chi connectivity index (χ4v) is 3.57. The standard InChI is InChI=1S/C15H19N5OS.2ClH/c1-15(16)8-4-2-6-10(15)12(21)18-14-20-19-13(22-14)11-7-3-5-9-17-11;;/h3,5,7,9-10H,2,4,6,8,16H2,1H3,(H,18,20,21);2*1H. The Bertz CT molecular complexity index is 665. The number of hydrogen-bond donors (Lipinski definition) is 2. The van der Waals surface area contributed by atoms with Crippen molar-refractivity contribution in [3.05, 3.63) is 24.4 Å². The van der Waals surface area contributed by atoms with E-state index >= 15 is 0 Å². The molecule has 2 unspecified atom stereocenters. The molecule has 6 nitrogen and oxygen atoms in total. The molecule has 2 aromatic rings. The Hall–Kier alpha value is -1.28. The van der Waals surface area contributed by atoms with Gasteiger partial charge in [-0.05, 0) is 31.9 Å². The van der Waals surface area contributed by atoms with Crippen molar-refractivity contribution in [3.63, 3.8) is 0 Å². The summed E-state index contributed by atoms with van der Waals surface area (Å²) in [5, 5.41) is 12.2. The number of pyridine rings is 1. The molecule has 2 aromatic heterocycles. The molecule has 1 aliphatic rings. The number of carbonyl (C=O) groups is 1. The van der Waals surface area contributed by atoms with Crippen LogP contribution in [0, 0.1) is 5.92 Å². The molecule has 1 fully saturated rings. The molecule has 0 bridgehead atoms. The second-order valence-electron chi connectivity index (χ2n) is 5.92. The minimum atomic E-state index is -0.448. The second kappa shape index (κ2) is 8.71. The molecule has 0 aromatic carbocycles. The van der Waals surface area contributed by atoms with Crippen LogP contribution in [0.25, 0.3) is 10.7 Å². The van der Waals surface area contributed by atoms with Crippen molar-refractivity contribution in [2.75, 3.05) is 5.32 Å². The van der Waals surface area contributed by atoms with Crippen LogP contribution in [0.1, 0.15) is 32.6 Å². The molecule has 3 N–H and O–H groups in total. The quantitative estimate of drug-likeness (QED) is 0.839. The molecule has 24 heavy (non-hydrogen) atoms. The van der Waals surface area contributed by atoms with Gasteiger partial charge in [-0.3, -0.25) is 9.78 Å². The summed E-state index contributed by atoms with van der Waals surface area (Å²) < 4.78 is 0. The zero-order valence-electron chi connectivity index (χ0n) is 13.3. The highest BCUT2D eigenvalue weighted by molar-refractivity contribution is 7.18. The number of nitrogens with zero attached hydrogens (tertiary/aromatic N) is 3. The Balaban J connectivity index is 0.00000144. The maximum Gasteiger partial charge on any atom is 0.231 e. The average Bonchev–Trinajstić information content (AvgIpc) is 2.96. The van der Waals surface area contributed by atoms with Crippen LogP contribution in [0.4, 0.5) is 5.13 Å². The fraction of sp³-hybridized carbons (Fsp3) is 0.467. The molecule has 3 rings (SSSR count). The molecule has 2 heterocycles. The third-order valence-corrected chi connectivity index (χ3v) is 4.97. The third-order valence-electron chi connectivity index (χ3n) is 4.11. The Morgan fingerprint density at radius 2 is 2.12 bits per heavy atom. The monoisotopic (exact) mass is 389 g/mol. The number of aromatic nitrogens is 3. The Morgan fingerprint density at radius 3 is 2.79 bits per heavy atom. The number of amides is 1. The summed E-state index contributed by atoms with van der Waals surface area (Å²) in [6.07, 6.45) is 5.53. The van der Waals surface area contributed by atoms with E-state index < -0.39 is 5.54 Å². The molecule has 0 spiro atoms.